The van der Waals surface area contributed by atoms with E-state index in [-0.39, 0.29) is 6.03 Å². The topological polar surface area (TPSA) is 59.0 Å². The van der Waals surface area contributed by atoms with Gasteiger partial charge in [0.2, 0.25) is 0 Å². The van der Waals surface area contributed by atoms with Crippen molar-refractivity contribution in [2.45, 2.75) is 26.3 Å². The van der Waals surface area contributed by atoms with Crippen molar-refractivity contribution in [2.24, 2.45) is 7.05 Å². The third-order valence-corrected chi connectivity index (χ3v) is 2.91. The van der Waals surface area contributed by atoms with Crippen molar-refractivity contribution in [1.82, 2.24) is 20.4 Å². The molecule has 0 aliphatic rings. The van der Waals surface area contributed by atoms with Crippen LogP contribution in [0.4, 0.5) is 4.79 Å². The van der Waals surface area contributed by atoms with Gasteiger partial charge in [0.25, 0.3) is 0 Å². The van der Waals surface area contributed by atoms with E-state index in [1.165, 1.54) is 0 Å². The van der Waals surface area contributed by atoms with Crippen molar-refractivity contribution < 1.29 is 4.79 Å². The van der Waals surface area contributed by atoms with E-state index in [4.69, 9.17) is 0 Å². The van der Waals surface area contributed by atoms with Gasteiger partial charge in [-0.15, -0.1) is 0 Å². The number of carbonyl (C=O) groups is 1. The fourth-order valence-electron chi connectivity index (χ4n) is 1.24. The predicted molar refractivity (Wildman–Crippen MR) is 66.1 cm³/mol. The van der Waals surface area contributed by atoms with Gasteiger partial charge in [-0.1, -0.05) is 13.3 Å². The first kappa shape index (κ1) is 13.0. The third-order valence-electron chi connectivity index (χ3n) is 2.24. The second kappa shape index (κ2) is 6.52. The molecule has 6 heteroatoms. The van der Waals surface area contributed by atoms with Gasteiger partial charge in [-0.25, -0.2) is 4.79 Å². The largest absolute Gasteiger partial charge is 0.338 e. The van der Waals surface area contributed by atoms with Crippen LogP contribution < -0.4 is 10.6 Å². The number of nitrogens with zero attached hydrogens (tertiary/aromatic N) is 2. The smallest absolute Gasteiger partial charge is 0.315 e. The third kappa shape index (κ3) is 3.84. The van der Waals surface area contributed by atoms with Gasteiger partial charge < -0.3 is 10.6 Å². The predicted octanol–water partition coefficient (Wildman–Crippen LogP) is 1.78. The van der Waals surface area contributed by atoms with Crippen LogP contribution >= 0.6 is 15.9 Å². The number of nitrogens with one attached hydrogen (secondary N) is 2. The highest BCUT2D eigenvalue weighted by Crippen LogP contribution is 2.14. The van der Waals surface area contributed by atoms with Crippen LogP contribution in [0.3, 0.4) is 0 Å². The molecule has 0 unspecified atom stereocenters. The lowest BCUT2D eigenvalue weighted by Gasteiger charge is -2.07. The van der Waals surface area contributed by atoms with Gasteiger partial charge in [-0.3, -0.25) is 4.68 Å². The summed E-state index contributed by atoms with van der Waals surface area (Å²) in [4.78, 5) is 11.4. The molecule has 0 aromatic carbocycles. The standard InChI is InChI=1S/C10H17BrN4O/c1-3-4-5-12-10(16)13-7-9-8(11)6-14-15(9)2/h6H,3-5,7H2,1-2H3,(H2,12,13,16). The van der Waals surface area contributed by atoms with E-state index in [1.807, 2.05) is 7.05 Å². The highest BCUT2D eigenvalue weighted by molar-refractivity contribution is 9.10. The number of carbonyl (C=O) groups excluding carboxylic acids is 1. The molecular weight excluding hydrogens is 272 g/mol. The number of halogens is 1. The van der Waals surface area contributed by atoms with E-state index < -0.39 is 0 Å². The zero-order valence-electron chi connectivity index (χ0n) is 9.59. The number of amides is 2. The molecule has 1 heterocycles. The van der Waals surface area contributed by atoms with Crippen molar-refractivity contribution in [3.8, 4) is 0 Å². The van der Waals surface area contributed by atoms with E-state index in [2.05, 4.69) is 38.6 Å². The van der Waals surface area contributed by atoms with Crippen LogP contribution in [0, 0.1) is 0 Å². The van der Waals surface area contributed by atoms with Crippen LogP contribution in [0.5, 0.6) is 0 Å². The summed E-state index contributed by atoms with van der Waals surface area (Å²) in [5.74, 6) is 0. The normalized spacial score (nSPS) is 10.2. The Bertz CT molecular complexity index is 331. The number of hydrogen-bond donors (Lipinski definition) is 2. The van der Waals surface area contributed by atoms with Gasteiger partial charge in [-0.05, 0) is 22.4 Å². The molecule has 0 aliphatic heterocycles. The van der Waals surface area contributed by atoms with Crippen LogP contribution in [-0.4, -0.2) is 22.4 Å². The molecule has 90 valence electrons. The second-order valence-corrected chi connectivity index (χ2v) is 4.38. The zero-order valence-corrected chi connectivity index (χ0v) is 11.2. The first-order valence-electron chi connectivity index (χ1n) is 5.33. The lowest BCUT2D eigenvalue weighted by atomic mass is 10.3. The van der Waals surface area contributed by atoms with Crippen molar-refractivity contribution in [1.29, 1.82) is 0 Å². The van der Waals surface area contributed by atoms with Gasteiger partial charge in [-0.2, -0.15) is 5.10 Å². The molecule has 0 aliphatic carbocycles. The fourth-order valence-corrected chi connectivity index (χ4v) is 1.73. The van der Waals surface area contributed by atoms with Crippen molar-refractivity contribution >= 4 is 22.0 Å². The van der Waals surface area contributed by atoms with Crippen molar-refractivity contribution in [2.75, 3.05) is 6.54 Å². The Morgan fingerprint density at radius 1 is 1.56 bits per heavy atom. The summed E-state index contributed by atoms with van der Waals surface area (Å²) in [6.45, 7) is 3.27. The van der Waals surface area contributed by atoms with E-state index >= 15 is 0 Å². The quantitative estimate of drug-likeness (QED) is 0.812. The number of urea groups is 1. The zero-order chi connectivity index (χ0) is 12.0. The molecule has 1 aromatic rings. The maximum absolute atomic E-state index is 11.4. The van der Waals surface area contributed by atoms with Gasteiger partial charge in [0, 0.05) is 13.6 Å². The summed E-state index contributed by atoms with van der Waals surface area (Å²) in [6.07, 6.45) is 3.79. The summed E-state index contributed by atoms with van der Waals surface area (Å²) in [5.41, 5.74) is 0.950. The summed E-state index contributed by atoms with van der Waals surface area (Å²) >= 11 is 3.38. The lowest BCUT2D eigenvalue weighted by Crippen LogP contribution is -2.36. The van der Waals surface area contributed by atoms with E-state index in [1.54, 1.807) is 10.9 Å². The van der Waals surface area contributed by atoms with Gasteiger partial charge >= 0.3 is 6.03 Å². The van der Waals surface area contributed by atoms with E-state index in [0.29, 0.717) is 6.54 Å². The van der Waals surface area contributed by atoms with Crippen LogP contribution in [0.15, 0.2) is 10.7 Å². The van der Waals surface area contributed by atoms with Gasteiger partial charge in [0.1, 0.15) is 0 Å². The molecule has 0 radical (unpaired) electrons. The molecule has 0 saturated heterocycles. The molecule has 0 saturated carbocycles. The van der Waals surface area contributed by atoms with Gasteiger partial charge in [0.05, 0.1) is 22.9 Å². The molecule has 16 heavy (non-hydrogen) atoms. The van der Waals surface area contributed by atoms with Crippen LogP contribution in [0.1, 0.15) is 25.5 Å². The molecule has 5 nitrogen and oxygen atoms in total. The molecule has 1 rings (SSSR count). The minimum atomic E-state index is -0.137. The SMILES string of the molecule is CCCCNC(=O)NCc1c(Br)cnn1C. The molecule has 0 bridgehead atoms. The molecule has 1 aromatic heterocycles. The van der Waals surface area contributed by atoms with Crippen LogP contribution in [0.25, 0.3) is 0 Å². The Kier molecular flexibility index (Phi) is 5.31. The summed E-state index contributed by atoms with van der Waals surface area (Å²) in [5, 5.41) is 9.64. The minimum Gasteiger partial charge on any atom is -0.338 e. The van der Waals surface area contributed by atoms with Crippen molar-refractivity contribution in [3.63, 3.8) is 0 Å². The summed E-state index contributed by atoms with van der Waals surface area (Å²) < 4.78 is 2.64. The average molecular weight is 289 g/mol. The Labute approximate surface area is 104 Å². The Morgan fingerprint density at radius 3 is 2.88 bits per heavy atom. The first-order valence-corrected chi connectivity index (χ1v) is 6.12. The van der Waals surface area contributed by atoms with E-state index in [9.17, 15) is 4.79 Å². The molecule has 2 N–H and O–H groups in total. The molecule has 0 fully saturated rings. The molecule has 0 atom stereocenters. The Balaban J connectivity index is 2.32. The van der Waals surface area contributed by atoms with Crippen molar-refractivity contribution in [3.05, 3.63) is 16.4 Å². The minimum absolute atomic E-state index is 0.137. The average Bonchev–Trinajstić information content (AvgIpc) is 2.57. The highest BCUT2D eigenvalue weighted by atomic mass is 79.9. The number of unbranched alkanes of at least 4 members (excludes halogenated alkanes) is 1. The Hall–Kier alpha value is -1.04. The number of aryl methyl sites for hydroxylation is 1. The van der Waals surface area contributed by atoms with Gasteiger partial charge in [0.15, 0.2) is 0 Å². The monoisotopic (exact) mass is 288 g/mol. The number of rotatable bonds is 5. The van der Waals surface area contributed by atoms with Crippen LogP contribution in [0.2, 0.25) is 0 Å². The maximum atomic E-state index is 11.4. The summed E-state index contributed by atoms with van der Waals surface area (Å²) in [6, 6.07) is -0.137. The summed E-state index contributed by atoms with van der Waals surface area (Å²) in [7, 11) is 1.84. The number of hydrogen-bond acceptors (Lipinski definition) is 2. The molecule has 0 spiro atoms. The highest BCUT2D eigenvalue weighted by Gasteiger charge is 2.07. The molecule has 2 amide bonds. The fraction of sp³-hybridized carbons (Fsp3) is 0.600. The van der Waals surface area contributed by atoms with Crippen LogP contribution in [-0.2, 0) is 13.6 Å². The Morgan fingerprint density at radius 2 is 2.31 bits per heavy atom. The van der Waals surface area contributed by atoms with E-state index in [0.717, 1.165) is 29.6 Å². The first-order chi connectivity index (χ1) is 7.65. The molecular formula is C10H17BrN4O. The second-order valence-electron chi connectivity index (χ2n) is 3.53. The number of aromatic nitrogens is 2. The lowest BCUT2D eigenvalue weighted by molar-refractivity contribution is 0.240. The maximum Gasteiger partial charge on any atom is 0.315 e.